The summed E-state index contributed by atoms with van der Waals surface area (Å²) in [5.74, 6) is 0. The van der Waals surface area contributed by atoms with Crippen LogP contribution in [-0.4, -0.2) is 10.9 Å². The van der Waals surface area contributed by atoms with Crippen molar-refractivity contribution in [2.75, 3.05) is 0 Å². The van der Waals surface area contributed by atoms with Crippen molar-refractivity contribution >= 4 is 5.71 Å². The molecule has 0 spiro atoms. The van der Waals surface area contributed by atoms with E-state index in [0.29, 0.717) is 0 Å². The van der Waals surface area contributed by atoms with Crippen molar-refractivity contribution in [1.29, 1.82) is 0 Å². The zero-order valence-electron chi connectivity index (χ0n) is 10.5. The van der Waals surface area contributed by atoms with E-state index in [2.05, 4.69) is 46.7 Å². The first-order chi connectivity index (χ1) is 6.37. The highest BCUT2D eigenvalue weighted by Crippen LogP contribution is 2.39. The Balaban J connectivity index is 5.18. The second kappa shape index (κ2) is 4.81. The Labute approximate surface area is 88.4 Å². The molecule has 0 aliphatic heterocycles. The SMILES string of the molecule is CCC(CC)(CC)/C(=N/O)C(C)(C)C. The predicted molar refractivity (Wildman–Crippen MR) is 62.0 cm³/mol. The van der Waals surface area contributed by atoms with Gasteiger partial charge in [-0.1, -0.05) is 46.7 Å². The quantitative estimate of drug-likeness (QED) is 0.413. The smallest absolute Gasteiger partial charge is 0.0685 e. The van der Waals surface area contributed by atoms with Gasteiger partial charge in [0.05, 0.1) is 5.71 Å². The standard InChI is InChI=1S/C12H25NO/c1-7-12(8-2,9-3)10(13-14)11(4,5)6/h14H,7-9H2,1-6H3/b13-10+. The first-order valence-electron chi connectivity index (χ1n) is 5.61. The average molecular weight is 199 g/mol. The van der Waals surface area contributed by atoms with Crippen LogP contribution < -0.4 is 0 Å². The van der Waals surface area contributed by atoms with E-state index in [1.807, 2.05) is 0 Å². The first kappa shape index (κ1) is 13.5. The zero-order valence-corrected chi connectivity index (χ0v) is 10.5. The first-order valence-corrected chi connectivity index (χ1v) is 5.61. The lowest BCUT2D eigenvalue weighted by Crippen LogP contribution is -2.38. The van der Waals surface area contributed by atoms with Crippen LogP contribution in [0.25, 0.3) is 0 Å². The van der Waals surface area contributed by atoms with Crippen LogP contribution in [-0.2, 0) is 0 Å². The maximum atomic E-state index is 9.18. The average Bonchev–Trinajstić information content (AvgIpc) is 2.12. The summed E-state index contributed by atoms with van der Waals surface area (Å²) < 4.78 is 0. The molecule has 0 bridgehead atoms. The lowest BCUT2D eigenvalue weighted by Gasteiger charge is -2.37. The molecule has 0 aromatic carbocycles. The molecule has 2 nitrogen and oxygen atoms in total. The Morgan fingerprint density at radius 1 is 1.00 bits per heavy atom. The van der Waals surface area contributed by atoms with Gasteiger partial charge in [-0.2, -0.15) is 0 Å². The minimum absolute atomic E-state index is 0.0449. The zero-order chi connectivity index (χ0) is 11.4. The van der Waals surface area contributed by atoms with Crippen LogP contribution in [0.1, 0.15) is 60.8 Å². The third kappa shape index (κ3) is 2.49. The minimum atomic E-state index is -0.0449. The lowest BCUT2D eigenvalue weighted by atomic mass is 9.67. The molecular weight excluding hydrogens is 174 g/mol. The fourth-order valence-electron chi connectivity index (χ4n) is 2.30. The molecule has 0 saturated carbocycles. The second-order valence-electron chi connectivity index (χ2n) is 5.04. The highest BCUT2D eigenvalue weighted by atomic mass is 16.4. The van der Waals surface area contributed by atoms with Crippen LogP contribution in [0.5, 0.6) is 0 Å². The number of nitrogens with zero attached hydrogens (tertiary/aromatic N) is 1. The molecule has 0 aromatic rings. The van der Waals surface area contributed by atoms with Crippen molar-refractivity contribution in [2.45, 2.75) is 60.8 Å². The maximum absolute atomic E-state index is 9.18. The van der Waals surface area contributed by atoms with Crippen molar-refractivity contribution in [2.24, 2.45) is 16.0 Å². The second-order valence-corrected chi connectivity index (χ2v) is 5.04. The molecule has 2 heteroatoms. The maximum Gasteiger partial charge on any atom is 0.0685 e. The number of hydrogen-bond donors (Lipinski definition) is 1. The van der Waals surface area contributed by atoms with Gasteiger partial charge in [-0.3, -0.25) is 0 Å². The number of hydrogen-bond acceptors (Lipinski definition) is 2. The summed E-state index contributed by atoms with van der Waals surface area (Å²) >= 11 is 0. The topological polar surface area (TPSA) is 32.6 Å². The summed E-state index contributed by atoms with van der Waals surface area (Å²) in [4.78, 5) is 0. The Kier molecular flexibility index (Phi) is 4.63. The van der Waals surface area contributed by atoms with Crippen LogP contribution in [0.4, 0.5) is 0 Å². The van der Waals surface area contributed by atoms with Gasteiger partial charge < -0.3 is 5.21 Å². The van der Waals surface area contributed by atoms with Gasteiger partial charge in [-0.15, -0.1) is 0 Å². The van der Waals surface area contributed by atoms with E-state index < -0.39 is 0 Å². The summed E-state index contributed by atoms with van der Waals surface area (Å²) in [5, 5.41) is 12.7. The van der Waals surface area contributed by atoms with Gasteiger partial charge in [-0.25, -0.2) is 0 Å². The fraction of sp³-hybridized carbons (Fsp3) is 0.917. The molecule has 0 unspecified atom stereocenters. The molecule has 0 aliphatic rings. The molecule has 0 heterocycles. The third-order valence-electron chi connectivity index (χ3n) is 3.34. The van der Waals surface area contributed by atoms with Gasteiger partial charge in [0.2, 0.25) is 0 Å². The van der Waals surface area contributed by atoms with E-state index in [1.165, 1.54) is 0 Å². The summed E-state index contributed by atoms with van der Waals surface area (Å²) in [6.45, 7) is 12.8. The van der Waals surface area contributed by atoms with E-state index in [0.717, 1.165) is 25.0 Å². The van der Waals surface area contributed by atoms with E-state index in [1.54, 1.807) is 0 Å². The minimum Gasteiger partial charge on any atom is -0.411 e. The van der Waals surface area contributed by atoms with Crippen LogP contribution in [0.2, 0.25) is 0 Å². The summed E-state index contributed by atoms with van der Waals surface area (Å²) in [5.41, 5.74) is 0.974. The number of rotatable bonds is 4. The van der Waals surface area contributed by atoms with Crippen LogP contribution >= 0.6 is 0 Å². The molecule has 0 saturated heterocycles. The monoisotopic (exact) mass is 199 g/mol. The van der Waals surface area contributed by atoms with E-state index in [4.69, 9.17) is 0 Å². The van der Waals surface area contributed by atoms with Gasteiger partial charge in [0.25, 0.3) is 0 Å². The Hall–Kier alpha value is -0.530. The molecule has 0 fully saturated rings. The van der Waals surface area contributed by atoms with Gasteiger partial charge in [0.15, 0.2) is 0 Å². The molecule has 1 N–H and O–H groups in total. The summed E-state index contributed by atoms with van der Waals surface area (Å²) in [6.07, 6.45) is 3.12. The molecule has 84 valence electrons. The molecule has 14 heavy (non-hydrogen) atoms. The fourth-order valence-corrected chi connectivity index (χ4v) is 2.30. The van der Waals surface area contributed by atoms with Crippen molar-refractivity contribution in [1.82, 2.24) is 0 Å². The Morgan fingerprint density at radius 3 is 1.43 bits per heavy atom. The highest BCUT2D eigenvalue weighted by molar-refractivity contribution is 5.94. The molecule has 0 aliphatic carbocycles. The predicted octanol–water partition coefficient (Wildman–Crippen LogP) is 4.08. The molecule has 0 rings (SSSR count). The van der Waals surface area contributed by atoms with Crippen LogP contribution in [0.3, 0.4) is 0 Å². The molecule has 0 aromatic heterocycles. The van der Waals surface area contributed by atoms with Crippen LogP contribution in [0.15, 0.2) is 5.16 Å². The van der Waals surface area contributed by atoms with Gasteiger partial charge in [0.1, 0.15) is 0 Å². The van der Waals surface area contributed by atoms with Crippen LogP contribution in [0, 0.1) is 10.8 Å². The molecule has 0 radical (unpaired) electrons. The van der Waals surface area contributed by atoms with Crippen molar-refractivity contribution in [3.63, 3.8) is 0 Å². The summed E-state index contributed by atoms with van der Waals surface area (Å²) in [6, 6.07) is 0. The normalized spacial score (nSPS) is 14.6. The molecule has 0 amide bonds. The van der Waals surface area contributed by atoms with Crippen molar-refractivity contribution in [3.05, 3.63) is 0 Å². The molecule has 0 atom stereocenters. The van der Waals surface area contributed by atoms with E-state index in [-0.39, 0.29) is 10.8 Å². The number of oxime groups is 1. The summed E-state index contributed by atoms with van der Waals surface area (Å²) in [7, 11) is 0. The Bertz CT molecular complexity index is 189. The third-order valence-corrected chi connectivity index (χ3v) is 3.34. The van der Waals surface area contributed by atoms with E-state index >= 15 is 0 Å². The van der Waals surface area contributed by atoms with Crippen molar-refractivity contribution in [3.8, 4) is 0 Å². The largest absolute Gasteiger partial charge is 0.411 e. The lowest BCUT2D eigenvalue weighted by molar-refractivity contribution is 0.272. The van der Waals surface area contributed by atoms with Gasteiger partial charge >= 0.3 is 0 Å². The van der Waals surface area contributed by atoms with Crippen molar-refractivity contribution < 1.29 is 5.21 Å². The van der Waals surface area contributed by atoms with E-state index in [9.17, 15) is 5.21 Å². The van der Waals surface area contributed by atoms with Gasteiger partial charge in [0, 0.05) is 10.8 Å². The highest BCUT2D eigenvalue weighted by Gasteiger charge is 2.37. The Morgan fingerprint density at radius 2 is 1.36 bits per heavy atom. The van der Waals surface area contributed by atoms with Gasteiger partial charge in [-0.05, 0) is 19.3 Å². The molecular formula is C12H25NO.